The highest BCUT2D eigenvalue weighted by molar-refractivity contribution is 8.13. The van der Waals surface area contributed by atoms with Crippen LogP contribution in [0.4, 0.5) is 0 Å². The first-order valence-corrected chi connectivity index (χ1v) is 8.91. The molecule has 0 spiro atoms. The lowest BCUT2D eigenvalue weighted by Crippen LogP contribution is -2.33. The molecule has 0 bridgehead atoms. The van der Waals surface area contributed by atoms with Crippen molar-refractivity contribution in [3.05, 3.63) is 29.3 Å². The standard InChI is InChI=1S/C15H16ClNO3S/c1-3-6-17(10-12-4-5-12)15(18)13-7-11(2)8-14(9-13)21(16,19)20/h1,7-9,12H,4-6,10H2,2H3. The first-order chi connectivity index (χ1) is 9.81. The summed E-state index contributed by atoms with van der Waals surface area (Å²) in [6.45, 7) is 2.54. The molecule has 0 aliphatic heterocycles. The van der Waals surface area contributed by atoms with Gasteiger partial charge in [-0.15, -0.1) is 6.42 Å². The topological polar surface area (TPSA) is 54.5 Å². The van der Waals surface area contributed by atoms with Crippen molar-refractivity contribution < 1.29 is 13.2 Å². The summed E-state index contributed by atoms with van der Waals surface area (Å²) in [7, 11) is 1.49. The number of aryl methyl sites for hydroxylation is 1. The number of terminal acetylenes is 1. The second-order valence-electron chi connectivity index (χ2n) is 5.31. The smallest absolute Gasteiger partial charge is 0.261 e. The van der Waals surface area contributed by atoms with Crippen LogP contribution in [0, 0.1) is 25.2 Å². The van der Waals surface area contributed by atoms with E-state index in [4.69, 9.17) is 17.1 Å². The molecule has 4 nitrogen and oxygen atoms in total. The fourth-order valence-electron chi connectivity index (χ4n) is 2.14. The van der Waals surface area contributed by atoms with Crippen LogP contribution in [0.2, 0.25) is 0 Å². The van der Waals surface area contributed by atoms with Gasteiger partial charge in [0.25, 0.3) is 15.0 Å². The third-order valence-electron chi connectivity index (χ3n) is 3.32. The van der Waals surface area contributed by atoms with E-state index in [1.165, 1.54) is 12.1 Å². The van der Waals surface area contributed by atoms with Gasteiger partial charge < -0.3 is 4.90 Å². The molecule has 0 saturated heterocycles. The van der Waals surface area contributed by atoms with E-state index < -0.39 is 9.05 Å². The summed E-state index contributed by atoms with van der Waals surface area (Å²) in [5, 5.41) is 0. The van der Waals surface area contributed by atoms with Crippen LogP contribution < -0.4 is 0 Å². The Bertz CT molecular complexity index is 702. The third kappa shape index (κ3) is 4.23. The molecule has 112 valence electrons. The summed E-state index contributed by atoms with van der Waals surface area (Å²) in [5.74, 6) is 2.72. The van der Waals surface area contributed by atoms with Crippen LogP contribution in [-0.4, -0.2) is 32.3 Å². The second-order valence-corrected chi connectivity index (χ2v) is 7.87. The van der Waals surface area contributed by atoms with Gasteiger partial charge in [-0.1, -0.05) is 5.92 Å². The molecule has 6 heteroatoms. The first kappa shape index (κ1) is 15.9. The van der Waals surface area contributed by atoms with E-state index in [9.17, 15) is 13.2 Å². The Morgan fingerprint density at radius 1 is 1.43 bits per heavy atom. The molecule has 1 aromatic carbocycles. The fraction of sp³-hybridized carbons (Fsp3) is 0.400. The van der Waals surface area contributed by atoms with Crippen LogP contribution in [0.5, 0.6) is 0 Å². The van der Waals surface area contributed by atoms with Crippen LogP contribution in [0.3, 0.4) is 0 Å². The number of carbonyl (C=O) groups excluding carboxylic acids is 1. The van der Waals surface area contributed by atoms with Gasteiger partial charge in [-0.3, -0.25) is 4.79 Å². The van der Waals surface area contributed by atoms with E-state index >= 15 is 0 Å². The van der Waals surface area contributed by atoms with Crippen LogP contribution in [0.1, 0.15) is 28.8 Å². The summed E-state index contributed by atoms with van der Waals surface area (Å²) >= 11 is 0. The lowest BCUT2D eigenvalue weighted by atomic mass is 10.1. The van der Waals surface area contributed by atoms with Crippen molar-refractivity contribution in [3.63, 3.8) is 0 Å². The Kier molecular flexibility index (Phi) is 4.60. The molecule has 1 aliphatic rings. The average Bonchev–Trinajstić information content (AvgIpc) is 3.19. The van der Waals surface area contributed by atoms with Crippen molar-refractivity contribution in [1.29, 1.82) is 0 Å². The Balaban J connectivity index is 2.32. The summed E-state index contributed by atoms with van der Waals surface area (Å²) in [6.07, 6.45) is 7.51. The molecule has 0 aromatic heterocycles. The third-order valence-corrected chi connectivity index (χ3v) is 4.66. The molecule has 0 N–H and O–H groups in total. The largest absolute Gasteiger partial charge is 0.327 e. The molecule has 21 heavy (non-hydrogen) atoms. The number of nitrogens with zero attached hydrogens (tertiary/aromatic N) is 1. The summed E-state index contributed by atoms with van der Waals surface area (Å²) in [6, 6.07) is 4.38. The number of benzene rings is 1. The highest BCUT2D eigenvalue weighted by Gasteiger charge is 2.27. The van der Waals surface area contributed by atoms with E-state index in [2.05, 4.69) is 5.92 Å². The Morgan fingerprint density at radius 3 is 2.62 bits per heavy atom. The van der Waals surface area contributed by atoms with Gasteiger partial charge in [0.15, 0.2) is 0 Å². The van der Waals surface area contributed by atoms with Gasteiger partial charge in [0, 0.05) is 22.8 Å². The predicted molar refractivity (Wildman–Crippen MR) is 81.7 cm³/mol. The van der Waals surface area contributed by atoms with E-state index in [1.807, 2.05) is 0 Å². The second kappa shape index (κ2) is 6.08. The van der Waals surface area contributed by atoms with Gasteiger partial charge >= 0.3 is 0 Å². The molecule has 1 saturated carbocycles. The molecular formula is C15H16ClNO3S. The molecule has 1 amide bonds. The molecule has 0 atom stereocenters. The molecule has 0 radical (unpaired) electrons. The van der Waals surface area contributed by atoms with Gasteiger partial charge in [-0.2, -0.15) is 0 Å². The van der Waals surface area contributed by atoms with E-state index in [1.54, 1.807) is 17.9 Å². The minimum absolute atomic E-state index is 0.0698. The lowest BCUT2D eigenvalue weighted by molar-refractivity contribution is 0.0769. The highest BCUT2D eigenvalue weighted by atomic mass is 35.7. The number of halogens is 1. The lowest BCUT2D eigenvalue weighted by Gasteiger charge is -2.20. The van der Waals surface area contributed by atoms with Crippen molar-refractivity contribution >= 4 is 25.6 Å². The van der Waals surface area contributed by atoms with Crippen molar-refractivity contribution in [2.24, 2.45) is 5.92 Å². The van der Waals surface area contributed by atoms with Gasteiger partial charge in [0.1, 0.15) is 0 Å². The molecule has 1 fully saturated rings. The number of amides is 1. The maximum absolute atomic E-state index is 12.5. The monoisotopic (exact) mass is 325 g/mol. The van der Waals surface area contributed by atoms with Crippen molar-refractivity contribution in [2.45, 2.75) is 24.7 Å². The minimum atomic E-state index is -3.87. The fourth-order valence-corrected chi connectivity index (χ4v) is 3.00. The van der Waals surface area contributed by atoms with Crippen LogP contribution >= 0.6 is 10.7 Å². The zero-order chi connectivity index (χ0) is 15.6. The summed E-state index contributed by atoms with van der Waals surface area (Å²) in [4.78, 5) is 14.0. The minimum Gasteiger partial charge on any atom is -0.327 e. The maximum atomic E-state index is 12.5. The first-order valence-electron chi connectivity index (χ1n) is 6.60. The van der Waals surface area contributed by atoms with Gasteiger partial charge in [-0.25, -0.2) is 8.42 Å². The molecule has 1 aliphatic carbocycles. The van der Waals surface area contributed by atoms with E-state index in [0.717, 1.165) is 12.8 Å². The quantitative estimate of drug-likeness (QED) is 0.617. The Labute approximate surface area is 129 Å². The molecule has 0 unspecified atom stereocenters. The zero-order valence-corrected chi connectivity index (χ0v) is 13.2. The maximum Gasteiger partial charge on any atom is 0.261 e. The Hall–Kier alpha value is -1.51. The summed E-state index contributed by atoms with van der Waals surface area (Å²) in [5.41, 5.74) is 0.956. The summed E-state index contributed by atoms with van der Waals surface area (Å²) < 4.78 is 22.9. The molecule has 0 heterocycles. The van der Waals surface area contributed by atoms with Gasteiger partial charge in [0.05, 0.1) is 11.4 Å². The van der Waals surface area contributed by atoms with Crippen LogP contribution in [0.25, 0.3) is 0 Å². The molecule has 1 aromatic rings. The van der Waals surface area contributed by atoms with Crippen LogP contribution in [-0.2, 0) is 9.05 Å². The van der Waals surface area contributed by atoms with E-state index in [-0.39, 0.29) is 17.3 Å². The molecule has 2 rings (SSSR count). The average molecular weight is 326 g/mol. The van der Waals surface area contributed by atoms with Crippen molar-refractivity contribution in [1.82, 2.24) is 4.90 Å². The zero-order valence-electron chi connectivity index (χ0n) is 11.7. The number of hydrogen-bond acceptors (Lipinski definition) is 3. The Morgan fingerprint density at radius 2 is 2.10 bits per heavy atom. The SMILES string of the molecule is C#CCN(CC1CC1)C(=O)c1cc(C)cc(S(=O)(=O)Cl)c1. The predicted octanol–water partition coefficient (Wildman–Crippen LogP) is 2.41. The van der Waals surface area contributed by atoms with Crippen LogP contribution in [0.15, 0.2) is 23.1 Å². The number of rotatable bonds is 5. The van der Waals surface area contributed by atoms with Crippen molar-refractivity contribution in [3.8, 4) is 12.3 Å². The van der Waals surface area contributed by atoms with E-state index in [0.29, 0.717) is 23.6 Å². The van der Waals surface area contributed by atoms with Gasteiger partial charge in [-0.05, 0) is 49.4 Å². The normalized spacial score (nSPS) is 14.5. The number of carbonyl (C=O) groups is 1. The van der Waals surface area contributed by atoms with Gasteiger partial charge in [0.2, 0.25) is 0 Å². The highest BCUT2D eigenvalue weighted by Crippen LogP contribution is 2.30. The number of hydrogen-bond donors (Lipinski definition) is 0. The molecular weight excluding hydrogens is 310 g/mol. The van der Waals surface area contributed by atoms with Crippen molar-refractivity contribution in [2.75, 3.05) is 13.1 Å².